The number of hydrogen-bond donors (Lipinski definition) is 2. The average Bonchev–Trinajstić information content (AvgIpc) is 2.56. The van der Waals surface area contributed by atoms with Crippen LogP contribution in [0.25, 0.3) is 0 Å². The first kappa shape index (κ1) is 18.0. The lowest BCUT2D eigenvalue weighted by atomic mass is 10.0. The molecule has 0 heterocycles. The minimum Gasteiger partial charge on any atom is -0.494 e. The van der Waals surface area contributed by atoms with E-state index in [1.165, 1.54) is 0 Å². The molecule has 0 fully saturated rings. The third-order valence-corrected chi connectivity index (χ3v) is 3.83. The smallest absolute Gasteiger partial charge is 0.224 e. The van der Waals surface area contributed by atoms with E-state index in [1.807, 2.05) is 68.4 Å². The van der Waals surface area contributed by atoms with Crippen LogP contribution in [0.4, 0.5) is 0 Å². The summed E-state index contributed by atoms with van der Waals surface area (Å²) in [6.45, 7) is 4.34. The summed E-state index contributed by atoms with van der Waals surface area (Å²) in [4.78, 5) is 12.2. The monoisotopic (exact) mass is 327 g/mol. The van der Waals surface area contributed by atoms with Crippen molar-refractivity contribution in [2.75, 3.05) is 6.61 Å². The van der Waals surface area contributed by atoms with Gasteiger partial charge in [0.2, 0.25) is 5.91 Å². The lowest BCUT2D eigenvalue weighted by Gasteiger charge is -2.20. The van der Waals surface area contributed by atoms with Gasteiger partial charge in [-0.05, 0) is 37.1 Å². The summed E-state index contributed by atoms with van der Waals surface area (Å²) in [6.07, 6.45) is 0.164. The van der Waals surface area contributed by atoms with Crippen LogP contribution in [-0.4, -0.2) is 29.8 Å². The van der Waals surface area contributed by atoms with Crippen molar-refractivity contribution in [3.05, 3.63) is 65.7 Å². The summed E-state index contributed by atoms with van der Waals surface area (Å²) < 4.78 is 5.44. The predicted octanol–water partition coefficient (Wildman–Crippen LogP) is 2.74. The molecule has 0 saturated heterocycles. The summed E-state index contributed by atoms with van der Waals surface area (Å²) in [7, 11) is 0. The Morgan fingerprint density at radius 1 is 1.12 bits per heavy atom. The van der Waals surface area contributed by atoms with Crippen molar-refractivity contribution in [1.82, 2.24) is 5.32 Å². The van der Waals surface area contributed by atoms with Crippen molar-refractivity contribution in [3.8, 4) is 5.75 Å². The third-order valence-electron chi connectivity index (χ3n) is 3.83. The number of amides is 1. The molecule has 1 amide bonds. The van der Waals surface area contributed by atoms with Gasteiger partial charge in [0.1, 0.15) is 5.75 Å². The van der Waals surface area contributed by atoms with Crippen LogP contribution in [0.3, 0.4) is 0 Å². The van der Waals surface area contributed by atoms with E-state index >= 15 is 0 Å². The minimum atomic E-state index is -0.619. The maximum atomic E-state index is 12.2. The Kier molecular flexibility index (Phi) is 6.82. The normalized spacial score (nSPS) is 13.1. The molecule has 2 atom stereocenters. The second-order valence-corrected chi connectivity index (χ2v) is 5.87. The number of rotatable bonds is 8. The maximum Gasteiger partial charge on any atom is 0.224 e. The van der Waals surface area contributed by atoms with Crippen molar-refractivity contribution in [2.24, 2.45) is 0 Å². The van der Waals surface area contributed by atoms with Crippen molar-refractivity contribution in [3.63, 3.8) is 0 Å². The zero-order chi connectivity index (χ0) is 17.4. The first-order valence-corrected chi connectivity index (χ1v) is 8.31. The van der Waals surface area contributed by atoms with Crippen molar-refractivity contribution < 1.29 is 14.6 Å². The zero-order valence-corrected chi connectivity index (χ0v) is 14.2. The highest BCUT2D eigenvalue weighted by molar-refractivity contribution is 5.79. The van der Waals surface area contributed by atoms with Crippen LogP contribution in [-0.2, 0) is 17.6 Å². The number of ether oxygens (including phenoxy) is 1. The summed E-state index contributed by atoms with van der Waals surface area (Å²) in [5.41, 5.74) is 1.94. The largest absolute Gasteiger partial charge is 0.494 e. The van der Waals surface area contributed by atoms with E-state index in [1.54, 1.807) is 0 Å². The van der Waals surface area contributed by atoms with Crippen LogP contribution in [0, 0.1) is 0 Å². The van der Waals surface area contributed by atoms with Crippen molar-refractivity contribution in [1.29, 1.82) is 0 Å². The summed E-state index contributed by atoms with van der Waals surface area (Å²) in [6, 6.07) is 17.0. The first-order valence-electron chi connectivity index (χ1n) is 8.31. The number of hydrogen-bond acceptors (Lipinski definition) is 3. The first-order chi connectivity index (χ1) is 11.6. The fourth-order valence-electron chi connectivity index (χ4n) is 2.53. The molecule has 2 unspecified atom stereocenters. The number of aliphatic hydroxyl groups excluding tert-OH is 1. The van der Waals surface area contributed by atoms with E-state index in [-0.39, 0.29) is 18.4 Å². The van der Waals surface area contributed by atoms with Gasteiger partial charge in [-0.25, -0.2) is 0 Å². The second-order valence-electron chi connectivity index (χ2n) is 5.87. The number of carbonyl (C=O) groups is 1. The molecule has 2 N–H and O–H groups in total. The SMILES string of the molecule is CCOc1cccc(CC(=O)NC(C)C(O)Cc2ccccc2)c1. The van der Waals surface area contributed by atoms with Gasteiger partial charge in [0.25, 0.3) is 0 Å². The van der Waals surface area contributed by atoms with Crippen LogP contribution < -0.4 is 10.1 Å². The zero-order valence-electron chi connectivity index (χ0n) is 14.2. The Bertz CT molecular complexity index is 642. The van der Waals surface area contributed by atoms with E-state index in [0.717, 1.165) is 16.9 Å². The molecule has 0 aliphatic heterocycles. The van der Waals surface area contributed by atoms with E-state index in [4.69, 9.17) is 4.74 Å². The molecule has 4 nitrogen and oxygen atoms in total. The minimum absolute atomic E-state index is 0.108. The molecule has 4 heteroatoms. The molecule has 0 spiro atoms. The number of carbonyl (C=O) groups excluding carboxylic acids is 1. The molecule has 0 aliphatic carbocycles. The predicted molar refractivity (Wildman–Crippen MR) is 95.1 cm³/mol. The topological polar surface area (TPSA) is 58.6 Å². The second kappa shape index (κ2) is 9.08. The highest BCUT2D eigenvalue weighted by Gasteiger charge is 2.17. The van der Waals surface area contributed by atoms with Crippen LogP contribution in [0.2, 0.25) is 0 Å². The molecule has 0 aliphatic rings. The molecule has 0 aromatic heterocycles. The quantitative estimate of drug-likeness (QED) is 0.784. The summed E-state index contributed by atoms with van der Waals surface area (Å²) >= 11 is 0. The van der Waals surface area contributed by atoms with Gasteiger partial charge in [-0.1, -0.05) is 42.5 Å². The van der Waals surface area contributed by atoms with Crippen LogP contribution >= 0.6 is 0 Å². The third kappa shape index (κ3) is 5.70. The summed E-state index contributed by atoms with van der Waals surface area (Å²) in [5, 5.41) is 13.1. The Morgan fingerprint density at radius 2 is 1.83 bits per heavy atom. The Hall–Kier alpha value is -2.33. The number of nitrogens with one attached hydrogen (secondary N) is 1. The van der Waals surface area contributed by atoms with Crippen LogP contribution in [0.15, 0.2) is 54.6 Å². The standard InChI is InChI=1S/C20H25NO3/c1-3-24-18-11-7-10-17(12-18)14-20(23)21-15(2)19(22)13-16-8-5-4-6-9-16/h4-12,15,19,22H,3,13-14H2,1-2H3,(H,21,23). The van der Waals surface area contributed by atoms with Gasteiger partial charge in [-0.2, -0.15) is 0 Å². The molecule has 0 radical (unpaired) electrons. The molecule has 2 aromatic carbocycles. The average molecular weight is 327 g/mol. The fourth-order valence-corrected chi connectivity index (χ4v) is 2.53. The Balaban J connectivity index is 1.85. The molecule has 0 saturated carbocycles. The fraction of sp³-hybridized carbons (Fsp3) is 0.350. The molecule has 128 valence electrons. The molecular formula is C20H25NO3. The Morgan fingerprint density at radius 3 is 2.54 bits per heavy atom. The molecule has 0 bridgehead atoms. The molecular weight excluding hydrogens is 302 g/mol. The van der Waals surface area contributed by atoms with Crippen molar-refractivity contribution in [2.45, 2.75) is 38.8 Å². The van der Waals surface area contributed by atoms with Crippen molar-refractivity contribution >= 4 is 5.91 Å². The number of aliphatic hydroxyl groups is 1. The van der Waals surface area contributed by atoms with Gasteiger partial charge in [0.15, 0.2) is 0 Å². The number of benzene rings is 2. The van der Waals surface area contributed by atoms with Gasteiger partial charge in [-0.3, -0.25) is 4.79 Å². The molecule has 2 aromatic rings. The van der Waals surface area contributed by atoms with E-state index in [2.05, 4.69) is 5.32 Å². The van der Waals surface area contributed by atoms with E-state index in [9.17, 15) is 9.90 Å². The lowest BCUT2D eigenvalue weighted by molar-refractivity contribution is -0.121. The van der Waals surface area contributed by atoms with Gasteiger partial charge in [0.05, 0.1) is 25.2 Å². The Labute approximate surface area is 143 Å². The van der Waals surface area contributed by atoms with Gasteiger partial charge < -0.3 is 15.2 Å². The van der Waals surface area contributed by atoms with Crippen LogP contribution in [0.1, 0.15) is 25.0 Å². The maximum absolute atomic E-state index is 12.2. The highest BCUT2D eigenvalue weighted by Crippen LogP contribution is 2.14. The van der Waals surface area contributed by atoms with E-state index in [0.29, 0.717) is 13.0 Å². The van der Waals surface area contributed by atoms with Gasteiger partial charge in [-0.15, -0.1) is 0 Å². The highest BCUT2D eigenvalue weighted by atomic mass is 16.5. The van der Waals surface area contributed by atoms with Crippen LogP contribution in [0.5, 0.6) is 5.75 Å². The van der Waals surface area contributed by atoms with Gasteiger partial charge >= 0.3 is 0 Å². The lowest BCUT2D eigenvalue weighted by Crippen LogP contribution is -2.42. The molecule has 2 rings (SSSR count). The summed E-state index contributed by atoms with van der Waals surface area (Å²) in [5.74, 6) is 0.656. The van der Waals surface area contributed by atoms with E-state index < -0.39 is 6.10 Å². The van der Waals surface area contributed by atoms with Gasteiger partial charge in [0, 0.05) is 6.42 Å². The molecule has 24 heavy (non-hydrogen) atoms.